The number of rotatable bonds is 40. The molecule has 0 saturated heterocycles. The molecule has 0 aliphatic heterocycles. The van der Waals surface area contributed by atoms with Gasteiger partial charge in [0.2, 0.25) is 0 Å². The van der Waals surface area contributed by atoms with Crippen LogP contribution in [0.3, 0.4) is 0 Å². The number of carbonyl (C=O) groups is 2. The Labute approximate surface area is 359 Å². The lowest BCUT2D eigenvalue weighted by Crippen LogP contribution is -3.00. The van der Waals surface area contributed by atoms with Gasteiger partial charge in [-0.1, -0.05) is 167 Å². The van der Waals surface area contributed by atoms with E-state index in [1.165, 1.54) is 161 Å². The summed E-state index contributed by atoms with van der Waals surface area (Å²) in [5.41, 5.74) is 13.9. The summed E-state index contributed by atoms with van der Waals surface area (Å²) in [6.07, 6.45) is 42.8. The van der Waals surface area contributed by atoms with E-state index in [1.54, 1.807) is 0 Å². The van der Waals surface area contributed by atoms with Gasteiger partial charge in [0.1, 0.15) is 0 Å². The van der Waals surface area contributed by atoms with Crippen molar-refractivity contribution < 1.29 is 58.3 Å². The molecule has 0 radical (unpaired) electrons. The third-order valence-corrected chi connectivity index (χ3v) is 10.5. The summed E-state index contributed by atoms with van der Waals surface area (Å²) >= 11 is 0. The van der Waals surface area contributed by atoms with Crippen molar-refractivity contribution in [2.45, 2.75) is 232 Å². The third kappa shape index (κ3) is 42.8. The zero-order valence-electron chi connectivity index (χ0n) is 36.3. The van der Waals surface area contributed by atoms with Crippen molar-refractivity contribution in [2.75, 3.05) is 26.2 Å². The minimum atomic E-state index is -0.475. The molecule has 0 fully saturated rings. The highest BCUT2D eigenvalue weighted by molar-refractivity contribution is 5.83. The molecule has 0 aliphatic rings. The lowest BCUT2D eigenvalue weighted by atomic mass is 10.0. The van der Waals surface area contributed by atoms with Crippen molar-refractivity contribution in [3.8, 4) is 0 Å². The fraction of sp³-hybridized carbons (Fsp3) is 0.909. The van der Waals surface area contributed by atoms with Crippen molar-refractivity contribution in [2.24, 2.45) is 5.73 Å². The molecule has 0 rings (SSSR count). The Morgan fingerprint density at radius 1 is 0.564 bits per heavy atom. The molecule has 11 heteroatoms. The van der Waals surface area contributed by atoms with Gasteiger partial charge >= 0.3 is 0 Å². The lowest BCUT2D eigenvalue weighted by Gasteiger charge is -2.25. The molecule has 3 atom stereocenters. The van der Waals surface area contributed by atoms with Crippen LogP contribution in [0.25, 0.3) is 0 Å². The van der Waals surface area contributed by atoms with E-state index in [1.807, 2.05) is 11.8 Å². The first-order valence-corrected chi connectivity index (χ1v) is 22.7. The summed E-state index contributed by atoms with van der Waals surface area (Å²) < 4.78 is 0. The molecule has 332 valence electrons. The van der Waals surface area contributed by atoms with Gasteiger partial charge in [0.15, 0.2) is 12.1 Å². The van der Waals surface area contributed by atoms with Crippen LogP contribution >= 0.6 is 0 Å². The molecule has 0 aliphatic carbocycles. The number of amides is 2. The maximum absolute atomic E-state index is 13.5. The largest absolute Gasteiger partial charge is 1.00 e. The Balaban J connectivity index is -0.00000433. The number of allylic oxidation sites excluding steroid dienone is 2. The van der Waals surface area contributed by atoms with Crippen molar-refractivity contribution in [1.82, 2.24) is 15.5 Å². The average Bonchev–Trinajstić information content (AvgIpc) is 3.13. The van der Waals surface area contributed by atoms with E-state index in [4.69, 9.17) is 5.73 Å². The molecule has 0 saturated carbocycles. The fourth-order valence-corrected chi connectivity index (χ4v) is 6.90. The molecule has 0 heterocycles. The normalized spacial score (nSPS) is 12.7. The van der Waals surface area contributed by atoms with Crippen LogP contribution in [0.2, 0.25) is 0 Å². The summed E-state index contributed by atoms with van der Waals surface area (Å²) in [5.74, 6) is -0.0291. The van der Waals surface area contributed by atoms with Gasteiger partial charge in [-0.3, -0.25) is 9.59 Å². The van der Waals surface area contributed by atoms with Crippen LogP contribution in [0.5, 0.6) is 0 Å². The highest BCUT2D eigenvalue weighted by Gasteiger charge is 2.26. The summed E-state index contributed by atoms with van der Waals surface area (Å²) in [6.45, 7) is 9.09. The number of hydrogen-bond donors (Lipinski definition) is 5. The monoisotopic (exact) mass is 842 g/mol. The van der Waals surface area contributed by atoms with Crippen LogP contribution in [-0.4, -0.2) is 61.1 Å². The maximum Gasteiger partial charge on any atom is 0.282 e. The molecular weight excluding hydrogens is 751 g/mol. The minimum Gasteiger partial charge on any atom is -1.00 e. The Bertz CT molecular complexity index is 824. The smallest absolute Gasteiger partial charge is 0.282 e. The first kappa shape index (κ1) is 61.1. The zero-order chi connectivity index (χ0) is 38.3. The standard InChI is InChI=1S/C44H90N6O2.3ClH/c1-4-6-8-10-12-14-16-18-20-21-23-25-27-29-31-33-38-50(37-32-30-28-26-24-22-19-17-15-13-11-9-7-5-2)44(52)42(47)39-49-43(51)41(46)35-34-36-48-40(3)45;;;/h18,20,40-42,48H,4-17,19,21-39,45-47H2,1-3H3,(H,49,51);3*1H/p-1/b20-18-;;;. The molecular formula is C44H92Cl3N6O2-. The number of halogens is 3. The van der Waals surface area contributed by atoms with Gasteiger partial charge in [-0.2, -0.15) is 0 Å². The van der Waals surface area contributed by atoms with Gasteiger partial charge in [0.25, 0.3) is 11.8 Å². The summed E-state index contributed by atoms with van der Waals surface area (Å²) in [4.78, 5) is 28.2. The topological polar surface area (TPSA) is 143 Å². The van der Waals surface area contributed by atoms with Gasteiger partial charge in [0.05, 0.1) is 12.7 Å². The highest BCUT2D eigenvalue weighted by atomic mass is 35.5. The summed E-state index contributed by atoms with van der Waals surface area (Å²) in [6, 6.07) is -0.818. The van der Waals surface area contributed by atoms with E-state index < -0.39 is 6.04 Å². The van der Waals surface area contributed by atoms with Gasteiger partial charge in [-0.15, -0.1) is 0 Å². The second-order valence-electron chi connectivity index (χ2n) is 15.9. The molecule has 3 unspecified atom stereocenters. The van der Waals surface area contributed by atoms with E-state index in [0.29, 0.717) is 6.42 Å². The second-order valence-corrected chi connectivity index (χ2v) is 15.9. The van der Waals surface area contributed by atoms with Gasteiger partial charge in [-0.25, -0.2) is 0 Å². The zero-order valence-corrected chi connectivity index (χ0v) is 38.6. The SMILES string of the molecule is CCCCCCCC/C=C\CCCCCCCCN(CCCCCCCCCCCCCCCC)C(=O)C([NH3+])CNC(=O)C([NH3+])CCCNC(C)N.[Cl-].[Cl-].[Cl-]. The number of nitrogens with two attached hydrogens (primary N) is 1. The number of nitrogens with zero attached hydrogens (tertiary/aromatic N) is 1. The molecule has 0 aromatic rings. The Hall–Kier alpha value is -0.610. The molecule has 2 amide bonds. The lowest BCUT2D eigenvalue weighted by molar-refractivity contribution is -0.408. The summed E-state index contributed by atoms with van der Waals surface area (Å²) in [5, 5.41) is 6.12. The fourth-order valence-electron chi connectivity index (χ4n) is 6.90. The van der Waals surface area contributed by atoms with Gasteiger partial charge in [0, 0.05) is 19.5 Å². The minimum absolute atomic E-state index is 0. The first-order chi connectivity index (χ1) is 25.3. The average molecular weight is 844 g/mol. The predicted molar refractivity (Wildman–Crippen MR) is 224 cm³/mol. The van der Waals surface area contributed by atoms with Crippen molar-refractivity contribution in [1.29, 1.82) is 0 Å². The number of carbonyl (C=O) groups excluding carboxylic acids is 2. The van der Waals surface area contributed by atoms with E-state index in [9.17, 15) is 9.59 Å². The van der Waals surface area contributed by atoms with Crippen LogP contribution in [0.15, 0.2) is 12.2 Å². The van der Waals surface area contributed by atoms with Crippen LogP contribution in [0.4, 0.5) is 0 Å². The van der Waals surface area contributed by atoms with E-state index in [-0.39, 0.29) is 67.8 Å². The quantitative estimate of drug-likeness (QED) is 0.0318. The molecule has 55 heavy (non-hydrogen) atoms. The number of quaternary nitrogens is 2. The van der Waals surface area contributed by atoms with Gasteiger partial charge in [-0.05, 0) is 58.4 Å². The predicted octanol–water partition coefficient (Wildman–Crippen LogP) is -0.643. The van der Waals surface area contributed by atoms with Crippen LogP contribution in [0, 0.1) is 0 Å². The van der Waals surface area contributed by atoms with Crippen LogP contribution in [0.1, 0.15) is 213 Å². The van der Waals surface area contributed by atoms with Crippen molar-refractivity contribution in [3.05, 3.63) is 12.2 Å². The van der Waals surface area contributed by atoms with E-state index in [2.05, 4.69) is 48.1 Å². The van der Waals surface area contributed by atoms with Crippen molar-refractivity contribution >= 4 is 11.8 Å². The Morgan fingerprint density at radius 3 is 1.31 bits per heavy atom. The molecule has 10 N–H and O–H groups in total. The molecule has 0 aromatic carbocycles. The first-order valence-electron chi connectivity index (χ1n) is 22.7. The van der Waals surface area contributed by atoms with Crippen molar-refractivity contribution in [3.63, 3.8) is 0 Å². The molecule has 0 spiro atoms. The van der Waals surface area contributed by atoms with E-state index >= 15 is 0 Å². The highest BCUT2D eigenvalue weighted by Crippen LogP contribution is 2.14. The van der Waals surface area contributed by atoms with E-state index in [0.717, 1.165) is 45.3 Å². The van der Waals surface area contributed by atoms with Crippen LogP contribution < -0.4 is 65.1 Å². The Morgan fingerprint density at radius 2 is 0.927 bits per heavy atom. The molecule has 0 aromatic heterocycles. The maximum atomic E-state index is 13.5. The second kappa shape index (κ2) is 47.8. The number of hydrogen-bond acceptors (Lipinski definition) is 4. The summed E-state index contributed by atoms with van der Waals surface area (Å²) in [7, 11) is 0. The molecule has 0 bridgehead atoms. The Kier molecular flexibility index (Phi) is 53.0. The molecule has 8 nitrogen and oxygen atoms in total. The number of unbranched alkanes of at least 4 members (excludes halogenated alkanes) is 25. The number of nitrogens with one attached hydrogen (secondary N) is 2. The van der Waals surface area contributed by atoms with Gasteiger partial charge < -0.3 is 70.0 Å². The van der Waals surface area contributed by atoms with Crippen LogP contribution in [-0.2, 0) is 9.59 Å². The third-order valence-electron chi connectivity index (χ3n) is 10.5.